The van der Waals surface area contributed by atoms with Gasteiger partial charge in [-0.3, -0.25) is 9.89 Å². The van der Waals surface area contributed by atoms with Crippen molar-refractivity contribution in [2.75, 3.05) is 52.7 Å². The zero-order chi connectivity index (χ0) is 18.0. The van der Waals surface area contributed by atoms with Crippen LogP contribution in [0.3, 0.4) is 0 Å². The van der Waals surface area contributed by atoms with Gasteiger partial charge in [-0.15, -0.1) is 0 Å². The van der Waals surface area contributed by atoms with Gasteiger partial charge in [-0.05, 0) is 26.0 Å². The van der Waals surface area contributed by atoms with Gasteiger partial charge in [0.15, 0.2) is 5.96 Å². The monoisotopic (exact) mass is 358 g/mol. The molecule has 0 saturated carbocycles. The average Bonchev–Trinajstić information content (AvgIpc) is 2.61. The van der Waals surface area contributed by atoms with Crippen LogP contribution in [0.25, 0.3) is 0 Å². The van der Waals surface area contributed by atoms with Gasteiger partial charge in [-0.2, -0.15) is 11.8 Å². The van der Waals surface area contributed by atoms with Crippen molar-refractivity contribution < 1.29 is 4.74 Å². The summed E-state index contributed by atoms with van der Waals surface area (Å²) in [6.45, 7) is 14.7. The standard InChI is InChI=1S/C18H38N4OS/c1-7-15(8-2)16(22-9-11-23-12-10-22)13-20-17(19-5)21-14-18(3,4)24-6/h15-16H,7-14H2,1-6H3,(H2,19,20,21). The maximum absolute atomic E-state index is 5.53. The van der Waals surface area contributed by atoms with Crippen LogP contribution < -0.4 is 10.6 Å². The van der Waals surface area contributed by atoms with Gasteiger partial charge in [-0.25, -0.2) is 0 Å². The SMILES string of the molecule is CCC(CC)C(CNC(=NC)NCC(C)(C)SC)N1CCOCC1. The predicted octanol–water partition coefficient (Wildman–Crippen LogP) is 2.43. The normalized spacial score (nSPS) is 18.7. The van der Waals surface area contributed by atoms with Gasteiger partial charge < -0.3 is 15.4 Å². The quantitative estimate of drug-likeness (QED) is 0.490. The maximum Gasteiger partial charge on any atom is 0.191 e. The molecule has 0 aromatic rings. The molecular weight excluding hydrogens is 320 g/mol. The van der Waals surface area contributed by atoms with E-state index in [0.717, 1.165) is 45.4 Å². The predicted molar refractivity (Wildman–Crippen MR) is 107 cm³/mol. The molecule has 2 N–H and O–H groups in total. The van der Waals surface area contributed by atoms with E-state index in [2.05, 4.69) is 54.5 Å². The average molecular weight is 359 g/mol. The Hall–Kier alpha value is -0.460. The third-order valence-electron chi connectivity index (χ3n) is 5.04. The number of guanidine groups is 1. The van der Waals surface area contributed by atoms with Crippen molar-refractivity contribution in [3.63, 3.8) is 0 Å². The fourth-order valence-corrected chi connectivity index (χ4v) is 3.34. The van der Waals surface area contributed by atoms with Crippen molar-refractivity contribution in [2.24, 2.45) is 10.9 Å². The second kappa shape index (κ2) is 11.2. The first-order valence-electron chi connectivity index (χ1n) is 9.28. The lowest BCUT2D eigenvalue weighted by Crippen LogP contribution is -2.54. The third-order valence-corrected chi connectivity index (χ3v) is 6.29. The van der Waals surface area contributed by atoms with Crippen molar-refractivity contribution in [3.8, 4) is 0 Å². The second-order valence-corrected chi connectivity index (χ2v) is 8.58. The van der Waals surface area contributed by atoms with Gasteiger partial charge in [0.05, 0.1) is 13.2 Å². The molecule has 5 nitrogen and oxygen atoms in total. The van der Waals surface area contributed by atoms with E-state index in [1.54, 1.807) is 0 Å². The number of ether oxygens (including phenoxy) is 1. The van der Waals surface area contributed by atoms with Crippen LogP contribution in [0.2, 0.25) is 0 Å². The van der Waals surface area contributed by atoms with Crippen LogP contribution in [-0.2, 0) is 4.74 Å². The summed E-state index contributed by atoms with van der Waals surface area (Å²) >= 11 is 1.87. The fraction of sp³-hybridized carbons (Fsp3) is 0.944. The van der Waals surface area contributed by atoms with Gasteiger partial charge >= 0.3 is 0 Å². The van der Waals surface area contributed by atoms with Crippen LogP contribution in [0.4, 0.5) is 0 Å². The van der Waals surface area contributed by atoms with Crippen molar-refractivity contribution in [1.82, 2.24) is 15.5 Å². The topological polar surface area (TPSA) is 48.9 Å². The molecule has 1 rings (SSSR count). The molecule has 0 spiro atoms. The Morgan fingerprint density at radius 2 is 1.83 bits per heavy atom. The Bertz CT molecular complexity index is 366. The third kappa shape index (κ3) is 7.19. The summed E-state index contributed by atoms with van der Waals surface area (Å²) in [5, 5.41) is 7.03. The molecule has 1 heterocycles. The van der Waals surface area contributed by atoms with Crippen molar-refractivity contribution in [3.05, 3.63) is 0 Å². The van der Waals surface area contributed by atoms with Crippen LogP contribution in [-0.4, -0.2) is 74.3 Å². The Balaban J connectivity index is 2.61. The number of nitrogens with zero attached hydrogens (tertiary/aromatic N) is 2. The lowest BCUT2D eigenvalue weighted by atomic mass is 9.92. The Morgan fingerprint density at radius 1 is 1.21 bits per heavy atom. The van der Waals surface area contributed by atoms with Gasteiger partial charge in [-0.1, -0.05) is 26.7 Å². The van der Waals surface area contributed by atoms with Gasteiger partial charge in [0.2, 0.25) is 0 Å². The minimum atomic E-state index is 0.205. The highest BCUT2D eigenvalue weighted by molar-refractivity contribution is 7.99. The first-order chi connectivity index (χ1) is 11.5. The second-order valence-electron chi connectivity index (χ2n) is 7.06. The molecular formula is C18H38N4OS. The zero-order valence-corrected chi connectivity index (χ0v) is 17.3. The number of hydrogen-bond donors (Lipinski definition) is 2. The van der Waals surface area contributed by atoms with E-state index in [0.29, 0.717) is 12.0 Å². The largest absolute Gasteiger partial charge is 0.379 e. The van der Waals surface area contributed by atoms with E-state index < -0.39 is 0 Å². The highest BCUT2D eigenvalue weighted by Crippen LogP contribution is 2.20. The smallest absolute Gasteiger partial charge is 0.191 e. The van der Waals surface area contributed by atoms with Crippen LogP contribution in [0, 0.1) is 5.92 Å². The van der Waals surface area contributed by atoms with E-state index in [9.17, 15) is 0 Å². The summed E-state index contributed by atoms with van der Waals surface area (Å²) in [6, 6.07) is 0.538. The van der Waals surface area contributed by atoms with Crippen molar-refractivity contribution >= 4 is 17.7 Å². The Kier molecular flexibility index (Phi) is 10.1. The van der Waals surface area contributed by atoms with Crippen LogP contribution in [0.5, 0.6) is 0 Å². The molecule has 1 aliphatic rings. The van der Waals surface area contributed by atoms with Gasteiger partial charge in [0.25, 0.3) is 0 Å². The number of nitrogens with one attached hydrogen (secondary N) is 2. The zero-order valence-electron chi connectivity index (χ0n) is 16.5. The first kappa shape index (κ1) is 21.6. The summed E-state index contributed by atoms with van der Waals surface area (Å²) in [6.07, 6.45) is 4.58. The fourth-order valence-electron chi connectivity index (χ4n) is 3.13. The first-order valence-corrected chi connectivity index (χ1v) is 10.5. The summed E-state index contributed by atoms with van der Waals surface area (Å²) in [5.41, 5.74) is 0. The number of morpholine rings is 1. The van der Waals surface area contributed by atoms with E-state index in [4.69, 9.17) is 4.74 Å². The van der Waals surface area contributed by atoms with Crippen LogP contribution in [0.15, 0.2) is 4.99 Å². The van der Waals surface area contributed by atoms with Crippen molar-refractivity contribution in [1.29, 1.82) is 0 Å². The molecule has 0 aliphatic carbocycles. The summed E-state index contributed by atoms with van der Waals surface area (Å²) in [5.74, 6) is 1.61. The molecule has 142 valence electrons. The molecule has 1 unspecified atom stereocenters. The summed E-state index contributed by atoms with van der Waals surface area (Å²) < 4.78 is 5.74. The van der Waals surface area contributed by atoms with E-state index in [1.807, 2.05) is 18.8 Å². The number of thioether (sulfide) groups is 1. The molecule has 0 aromatic heterocycles. The molecule has 1 atom stereocenters. The number of aliphatic imine (C=N–C) groups is 1. The molecule has 1 aliphatic heterocycles. The molecule has 1 fully saturated rings. The summed E-state index contributed by atoms with van der Waals surface area (Å²) in [4.78, 5) is 6.99. The minimum absolute atomic E-state index is 0.205. The highest BCUT2D eigenvalue weighted by Gasteiger charge is 2.27. The Labute approximate surface area is 153 Å². The molecule has 0 bridgehead atoms. The minimum Gasteiger partial charge on any atom is -0.379 e. The number of rotatable bonds is 9. The molecule has 6 heteroatoms. The summed E-state index contributed by atoms with van der Waals surface area (Å²) in [7, 11) is 1.85. The lowest BCUT2D eigenvalue weighted by Gasteiger charge is -2.39. The van der Waals surface area contributed by atoms with Gasteiger partial charge in [0, 0.05) is 44.0 Å². The molecule has 24 heavy (non-hydrogen) atoms. The highest BCUT2D eigenvalue weighted by atomic mass is 32.2. The molecule has 0 radical (unpaired) electrons. The van der Waals surface area contributed by atoms with Crippen LogP contribution in [0.1, 0.15) is 40.5 Å². The number of hydrogen-bond acceptors (Lipinski definition) is 4. The molecule has 0 amide bonds. The van der Waals surface area contributed by atoms with Crippen LogP contribution >= 0.6 is 11.8 Å². The lowest BCUT2D eigenvalue weighted by molar-refractivity contribution is 0.00272. The molecule has 1 saturated heterocycles. The van der Waals surface area contributed by atoms with E-state index in [1.165, 1.54) is 12.8 Å². The van der Waals surface area contributed by atoms with Gasteiger partial charge in [0.1, 0.15) is 0 Å². The Morgan fingerprint density at radius 3 is 2.33 bits per heavy atom. The van der Waals surface area contributed by atoms with Crippen molar-refractivity contribution in [2.45, 2.75) is 51.3 Å². The van der Waals surface area contributed by atoms with E-state index in [-0.39, 0.29) is 4.75 Å². The molecule has 0 aromatic carbocycles. The maximum atomic E-state index is 5.53. The van der Waals surface area contributed by atoms with E-state index >= 15 is 0 Å².